The Morgan fingerprint density at radius 3 is 2.46 bits per heavy atom. The maximum absolute atomic E-state index is 12.5. The highest BCUT2D eigenvalue weighted by Gasteiger charge is 2.16. The van der Waals surface area contributed by atoms with Gasteiger partial charge in [-0.05, 0) is 82.8 Å². The van der Waals surface area contributed by atoms with Crippen LogP contribution >= 0.6 is 45.8 Å². The highest BCUT2D eigenvalue weighted by Crippen LogP contribution is 2.35. The Hall–Kier alpha value is -3.26. The largest absolute Gasteiger partial charge is 0.493 e. The summed E-state index contributed by atoms with van der Waals surface area (Å²) in [5, 5.41) is 15.8. The lowest BCUT2D eigenvalue weighted by Crippen LogP contribution is -2.20. The molecule has 0 atom stereocenters. The first-order chi connectivity index (χ1) is 16.8. The van der Waals surface area contributed by atoms with Crippen molar-refractivity contribution >= 4 is 75.1 Å². The van der Waals surface area contributed by atoms with Crippen LogP contribution in [0.3, 0.4) is 0 Å². The van der Waals surface area contributed by atoms with Gasteiger partial charge in [0.05, 0.1) is 21.4 Å². The molecule has 35 heavy (non-hydrogen) atoms. The van der Waals surface area contributed by atoms with Crippen LogP contribution in [0.2, 0.25) is 10.0 Å². The number of carbonyl (C=O) groups is 2. The minimum Gasteiger partial charge on any atom is -0.493 e. The number of anilines is 2. The Kier molecular flexibility index (Phi) is 9.37. The average molecular weight is 622 g/mol. The number of para-hydroxylation sites is 1. The van der Waals surface area contributed by atoms with Crippen LogP contribution in [-0.2, 0) is 9.59 Å². The molecule has 3 rings (SSSR count). The van der Waals surface area contributed by atoms with E-state index in [1.807, 2.05) is 28.7 Å². The Morgan fingerprint density at radius 2 is 1.80 bits per heavy atom. The van der Waals surface area contributed by atoms with Gasteiger partial charge in [0, 0.05) is 10.7 Å². The number of amides is 2. The van der Waals surface area contributed by atoms with E-state index in [4.69, 9.17) is 32.7 Å². The van der Waals surface area contributed by atoms with Crippen LogP contribution in [0.25, 0.3) is 6.08 Å². The van der Waals surface area contributed by atoms with Crippen molar-refractivity contribution in [3.05, 3.63) is 85.4 Å². The van der Waals surface area contributed by atoms with Crippen molar-refractivity contribution in [2.75, 3.05) is 24.4 Å². The van der Waals surface area contributed by atoms with Gasteiger partial charge >= 0.3 is 0 Å². The van der Waals surface area contributed by atoms with Gasteiger partial charge < -0.3 is 20.1 Å². The second-order valence-electron chi connectivity index (χ2n) is 6.98. The van der Waals surface area contributed by atoms with Gasteiger partial charge in [0.15, 0.2) is 18.1 Å². The predicted octanol–water partition coefficient (Wildman–Crippen LogP) is 6.17. The van der Waals surface area contributed by atoms with Crippen LogP contribution in [-0.4, -0.2) is 25.5 Å². The first kappa shape index (κ1) is 26.3. The first-order valence-corrected chi connectivity index (χ1v) is 11.9. The molecule has 3 aromatic carbocycles. The molecule has 0 aliphatic heterocycles. The van der Waals surface area contributed by atoms with Crippen molar-refractivity contribution in [3.8, 4) is 17.6 Å². The van der Waals surface area contributed by atoms with Crippen molar-refractivity contribution in [1.82, 2.24) is 0 Å². The fourth-order valence-corrected chi connectivity index (χ4v) is 3.99. The number of hydrogen-bond donors (Lipinski definition) is 2. The molecule has 3 aromatic rings. The quantitative estimate of drug-likeness (QED) is 0.178. The van der Waals surface area contributed by atoms with Gasteiger partial charge in [-0.15, -0.1) is 0 Å². The summed E-state index contributed by atoms with van der Waals surface area (Å²) in [6, 6.07) is 18.6. The third kappa shape index (κ3) is 7.36. The number of halogens is 3. The third-order valence-electron chi connectivity index (χ3n) is 4.53. The predicted molar refractivity (Wildman–Crippen MR) is 145 cm³/mol. The van der Waals surface area contributed by atoms with Crippen LogP contribution in [0.1, 0.15) is 5.56 Å². The zero-order valence-corrected chi connectivity index (χ0v) is 21.9. The van der Waals surface area contributed by atoms with Gasteiger partial charge in [0.1, 0.15) is 11.6 Å². The number of nitriles is 1. The van der Waals surface area contributed by atoms with E-state index in [9.17, 15) is 14.9 Å². The summed E-state index contributed by atoms with van der Waals surface area (Å²) < 4.78 is 11.7. The van der Waals surface area contributed by atoms with Gasteiger partial charge in [0.2, 0.25) is 0 Å². The summed E-state index contributed by atoms with van der Waals surface area (Å²) in [5.74, 6) is -0.279. The van der Waals surface area contributed by atoms with E-state index in [1.54, 1.807) is 60.7 Å². The molecule has 2 amide bonds. The highest BCUT2D eigenvalue weighted by atomic mass is 127. The topological polar surface area (TPSA) is 100 Å². The zero-order valence-electron chi connectivity index (χ0n) is 18.3. The maximum atomic E-state index is 12.5. The number of hydrogen-bond acceptors (Lipinski definition) is 5. The Morgan fingerprint density at radius 1 is 1.09 bits per heavy atom. The van der Waals surface area contributed by atoms with Crippen LogP contribution in [0.5, 0.6) is 11.5 Å². The summed E-state index contributed by atoms with van der Waals surface area (Å²) in [4.78, 5) is 24.9. The van der Waals surface area contributed by atoms with Crippen LogP contribution < -0.4 is 20.1 Å². The van der Waals surface area contributed by atoms with E-state index in [2.05, 4.69) is 10.6 Å². The molecule has 0 unspecified atom stereocenters. The van der Waals surface area contributed by atoms with E-state index < -0.39 is 11.8 Å². The van der Waals surface area contributed by atoms with E-state index in [0.29, 0.717) is 42.1 Å². The number of benzene rings is 3. The van der Waals surface area contributed by atoms with Crippen LogP contribution in [0, 0.1) is 14.9 Å². The second kappa shape index (κ2) is 12.4. The molecule has 0 aromatic heterocycles. The van der Waals surface area contributed by atoms with Crippen molar-refractivity contribution in [1.29, 1.82) is 5.26 Å². The lowest BCUT2D eigenvalue weighted by molar-refractivity contribution is -0.118. The molecule has 7 nitrogen and oxygen atoms in total. The molecular formula is C25H18Cl2IN3O4. The van der Waals surface area contributed by atoms with Crippen molar-refractivity contribution < 1.29 is 19.1 Å². The second-order valence-corrected chi connectivity index (χ2v) is 8.99. The fraction of sp³-hybridized carbons (Fsp3) is 0.0800. The van der Waals surface area contributed by atoms with Crippen molar-refractivity contribution in [2.45, 2.75) is 0 Å². The molecule has 0 spiro atoms. The van der Waals surface area contributed by atoms with E-state index in [0.717, 1.165) is 0 Å². The SMILES string of the molecule is COc1cc(/C=C(/C#N)C(=O)Nc2ccc(Cl)cc2)cc(I)c1OCC(=O)Nc1ccccc1Cl. The Labute approximate surface area is 225 Å². The Bertz CT molecular complexity index is 1320. The van der Waals surface area contributed by atoms with Crippen molar-refractivity contribution in [2.24, 2.45) is 0 Å². The maximum Gasteiger partial charge on any atom is 0.266 e. The zero-order chi connectivity index (χ0) is 25.4. The standard InChI is InChI=1S/C25H18Cl2IN3O4/c1-34-22-12-15(10-16(13-29)25(33)30-18-8-6-17(26)7-9-18)11-20(28)24(22)35-14-23(32)31-21-5-3-2-4-19(21)27/h2-12H,14H2,1H3,(H,30,33)(H,31,32)/b16-10-. The monoisotopic (exact) mass is 621 g/mol. The number of ether oxygens (including phenoxy) is 2. The van der Waals surface area contributed by atoms with Gasteiger partial charge in [-0.3, -0.25) is 9.59 Å². The Balaban J connectivity index is 1.74. The minimum absolute atomic E-state index is 0.106. The molecule has 10 heteroatoms. The first-order valence-electron chi connectivity index (χ1n) is 10.0. The van der Waals surface area contributed by atoms with Gasteiger partial charge in [0.25, 0.3) is 11.8 Å². The normalized spacial score (nSPS) is 10.8. The lowest BCUT2D eigenvalue weighted by Gasteiger charge is -2.14. The van der Waals surface area contributed by atoms with Gasteiger partial charge in [-0.25, -0.2) is 0 Å². The number of nitrogens with one attached hydrogen (secondary N) is 2. The third-order valence-corrected chi connectivity index (χ3v) is 5.91. The van der Waals surface area contributed by atoms with Crippen LogP contribution in [0.15, 0.2) is 66.2 Å². The summed E-state index contributed by atoms with van der Waals surface area (Å²) in [7, 11) is 1.45. The summed E-state index contributed by atoms with van der Waals surface area (Å²) in [5.41, 5.74) is 1.42. The van der Waals surface area contributed by atoms with Gasteiger partial charge in [-0.2, -0.15) is 5.26 Å². The number of carbonyl (C=O) groups excluding carboxylic acids is 2. The summed E-state index contributed by atoms with van der Waals surface area (Å²) in [6.45, 7) is -0.278. The molecular weight excluding hydrogens is 604 g/mol. The van der Waals surface area contributed by atoms with E-state index >= 15 is 0 Å². The number of rotatable bonds is 8. The van der Waals surface area contributed by atoms with E-state index in [1.165, 1.54) is 13.2 Å². The summed E-state index contributed by atoms with van der Waals surface area (Å²) >= 11 is 13.9. The molecule has 0 aliphatic carbocycles. The summed E-state index contributed by atoms with van der Waals surface area (Å²) in [6.07, 6.45) is 1.43. The van der Waals surface area contributed by atoms with E-state index in [-0.39, 0.29) is 12.2 Å². The molecule has 0 saturated heterocycles. The molecule has 0 saturated carbocycles. The molecule has 0 bridgehead atoms. The average Bonchev–Trinajstić information content (AvgIpc) is 2.84. The number of methoxy groups -OCH3 is 1. The number of nitrogens with zero attached hydrogens (tertiary/aromatic N) is 1. The fourth-order valence-electron chi connectivity index (χ4n) is 2.90. The molecule has 2 N–H and O–H groups in total. The molecule has 0 radical (unpaired) electrons. The highest BCUT2D eigenvalue weighted by molar-refractivity contribution is 14.1. The minimum atomic E-state index is -0.569. The van der Waals surface area contributed by atoms with Crippen LogP contribution in [0.4, 0.5) is 11.4 Å². The molecule has 0 heterocycles. The molecule has 0 aliphatic rings. The molecule has 0 fully saturated rings. The lowest BCUT2D eigenvalue weighted by atomic mass is 10.1. The molecule has 178 valence electrons. The smallest absolute Gasteiger partial charge is 0.266 e. The van der Waals surface area contributed by atoms with Gasteiger partial charge in [-0.1, -0.05) is 35.3 Å². The van der Waals surface area contributed by atoms with Crippen molar-refractivity contribution in [3.63, 3.8) is 0 Å².